The lowest BCUT2D eigenvalue weighted by atomic mass is 9.96. The number of piperazine rings is 1. The fourth-order valence-corrected chi connectivity index (χ4v) is 4.45. The summed E-state index contributed by atoms with van der Waals surface area (Å²) in [5.74, 6) is -0.962. The highest BCUT2D eigenvalue weighted by Crippen LogP contribution is 2.30. The zero-order chi connectivity index (χ0) is 23.7. The average molecular weight is 460 g/mol. The summed E-state index contributed by atoms with van der Waals surface area (Å²) >= 11 is 0. The van der Waals surface area contributed by atoms with Crippen LogP contribution in [0.2, 0.25) is 0 Å². The molecule has 0 N–H and O–H groups in total. The fraction of sp³-hybridized carbons (Fsp3) is 0.185. The fourth-order valence-electron chi connectivity index (χ4n) is 4.45. The first kappa shape index (κ1) is 22.0. The van der Waals surface area contributed by atoms with Crippen molar-refractivity contribution in [3.05, 3.63) is 118 Å². The van der Waals surface area contributed by atoms with Crippen molar-refractivity contribution < 1.29 is 18.0 Å². The van der Waals surface area contributed by atoms with Crippen LogP contribution in [0.5, 0.6) is 0 Å². The number of rotatable bonds is 4. The van der Waals surface area contributed by atoms with Crippen molar-refractivity contribution >= 4 is 16.9 Å². The van der Waals surface area contributed by atoms with E-state index in [1.165, 1.54) is 30.3 Å². The van der Waals surface area contributed by atoms with E-state index >= 15 is 0 Å². The van der Waals surface area contributed by atoms with Crippen molar-refractivity contribution in [3.63, 3.8) is 0 Å². The van der Waals surface area contributed by atoms with Crippen molar-refractivity contribution in [1.29, 1.82) is 0 Å². The van der Waals surface area contributed by atoms with Gasteiger partial charge in [0.2, 0.25) is 0 Å². The van der Waals surface area contributed by atoms with Gasteiger partial charge in [-0.15, -0.1) is 0 Å². The number of amides is 1. The Kier molecular flexibility index (Phi) is 5.94. The Morgan fingerprint density at radius 3 is 1.94 bits per heavy atom. The number of hydrogen-bond acceptors (Lipinski definition) is 4. The summed E-state index contributed by atoms with van der Waals surface area (Å²) in [4.78, 5) is 29.3. The number of benzene rings is 3. The Morgan fingerprint density at radius 1 is 0.794 bits per heavy atom. The van der Waals surface area contributed by atoms with Gasteiger partial charge in [-0.05, 0) is 47.5 Å². The van der Waals surface area contributed by atoms with Crippen molar-refractivity contribution in [3.8, 4) is 0 Å². The molecule has 0 unspecified atom stereocenters. The number of hydrogen-bond donors (Lipinski definition) is 0. The van der Waals surface area contributed by atoms with E-state index < -0.39 is 0 Å². The molecule has 0 saturated carbocycles. The maximum Gasteiger partial charge on any atom is 0.289 e. The van der Waals surface area contributed by atoms with E-state index in [9.17, 15) is 18.4 Å². The van der Waals surface area contributed by atoms with Gasteiger partial charge in [0.05, 0.1) is 11.4 Å². The minimum atomic E-state index is -0.331. The lowest BCUT2D eigenvalue weighted by Gasteiger charge is -2.39. The second-order valence-electron chi connectivity index (χ2n) is 8.30. The molecule has 0 bridgehead atoms. The summed E-state index contributed by atoms with van der Waals surface area (Å²) in [6.45, 7) is 1.94. The standard InChI is InChI=1S/C27H22F2N2O3/c28-20-9-5-18(6-10-20)26(19-7-11-21(29)12-8-19)30-13-15-31(16-14-30)27(33)25-17-23(32)22-3-1-2-4-24(22)34-25/h1-12,17,26H,13-16H2. The molecule has 0 spiro atoms. The summed E-state index contributed by atoms with van der Waals surface area (Å²) < 4.78 is 32.8. The highest BCUT2D eigenvalue weighted by atomic mass is 19.1. The number of carbonyl (C=O) groups excluding carboxylic acids is 1. The number of fused-ring (bicyclic) bond motifs is 1. The molecular weight excluding hydrogens is 438 g/mol. The van der Waals surface area contributed by atoms with Crippen LogP contribution in [0.25, 0.3) is 11.0 Å². The van der Waals surface area contributed by atoms with Gasteiger partial charge in [0.15, 0.2) is 11.2 Å². The molecule has 1 amide bonds. The molecule has 5 rings (SSSR count). The van der Waals surface area contributed by atoms with Gasteiger partial charge in [0.25, 0.3) is 5.91 Å². The van der Waals surface area contributed by atoms with Crippen LogP contribution in [0.1, 0.15) is 27.7 Å². The van der Waals surface area contributed by atoms with Crippen LogP contribution < -0.4 is 5.43 Å². The van der Waals surface area contributed by atoms with Crippen LogP contribution in [0.15, 0.2) is 88.1 Å². The normalized spacial score (nSPS) is 14.6. The van der Waals surface area contributed by atoms with E-state index in [-0.39, 0.29) is 34.8 Å². The number of nitrogens with zero attached hydrogens (tertiary/aromatic N) is 2. The predicted octanol–water partition coefficient (Wildman–Crippen LogP) is 4.62. The van der Waals surface area contributed by atoms with E-state index in [1.807, 2.05) is 0 Å². The Bertz CT molecular complexity index is 1330. The van der Waals surface area contributed by atoms with Crippen LogP contribution in [0.3, 0.4) is 0 Å². The summed E-state index contributed by atoms with van der Waals surface area (Å²) in [5, 5.41) is 0.435. The first-order valence-corrected chi connectivity index (χ1v) is 11.1. The van der Waals surface area contributed by atoms with Crippen molar-refractivity contribution in [2.24, 2.45) is 0 Å². The predicted molar refractivity (Wildman–Crippen MR) is 125 cm³/mol. The van der Waals surface area contributed by atoms with Crippen LogP contribution in [0, 0.1) is 11.6 Å². The van der Waals surface area contributed by atoms with Gasteiger partial charge in [0, 0.05) is 32.2 Å². The quantitative estimate of drug-likeness (QED) is 0.446. The van der Waals surface area contributed by atoms with Crippen LogP contribution >= 0.6 is 0 Å². The molecule has 0 radical (unpaired) electrons. The van der Waals surface area contributed by atoms with Gasteiger partial charge in [-0.3, -0.25) is 14.5 Å². The third-order valence-electron chi connectivity index (χ3n) is 6.18. The third kappa shape index (κ3) is 4.34. The van der Waals surface area contributed by atoms with Gasteiger partial charge in [-0.1, -0.05) is 36.4 Å². The van der Waals surface area contributed by atoms with Crippen LogP contribution in [0.4, 0.5) is 8.78 Å². The number of carbonyl (C=O) groups is 1. The molecule has 5 nitrogen and oxygen atoms in total. The van der Waals surface area contributed by atoms with E-state index in [1.54, 1.807) is 53.4 Å². The average Bonchev–Trinajstić information content (AvgIpc) is 2.86. The van der Waals surface area contributed by atoms with Crippen LogP contribution in [-0.4, -0.2) is 41.9 Å². The highest BCUT2D eigenvalue weighted by Gasteiger charge is 2.29. The monoisotopic (exact) mass is 460 g/mol. The summed E-state index contributed by atoms with van der Waals surface area (Å²) in [6, 6.07) is 20.4. The molecule has 0 atom stereocenters. The zero-order valence-corrected chi connectivity index (χ0v) is 18.3. The second-order valence-corrected chi connectivity index (χ2v) is 8.30. The summed E-state index contributed by atoms with van der Waals surface area (Å²) in [7, 11) is 0. The number of para-hydroxylation sites is 1. The first-order valence-electron chi connectivity index (χ1n) is 11.1. The summed E-state index contributed by atoms with van der Waals surface area (Å²) in [5.41, 5.74) is 1.89. The third-order valence-corrected chi connectivity index (χ3v) is 6.18. The molecule has 2 heterocycles. The van der Waals surface area contributed by atoms with E-state index in [0.717, 1.165) is 11.1 Å². The molecule has 34 heavy (non-hydrogen) atoms. The Balaban J connectivity index is 1.37. The SMILES string of the molecule is O=C(c1cc(=O)c2ccccc2o1)N1CCN(C(c2ccc(F)cc2)c2ccc(F)cc2)CC1. The van der Waals surface area contributed by atoms with E-state index in [0.29, 0.717) is 37.1 Å². The second kappa shape index (κ2) is 9.19. The molecule has 1 saturated heterocycles. The molecule has 7 heteroatoms. The number of halogens is 2. The van der Waals surface area contributed by atoms with Crippen molar-refractivity contribution in [1.82, 2.24) is 9.80 Å². The molecule has 1 fully saturated rings. The largest absolute Gasteiger partial charge is 0.451 e. The van der Waals surface area contributed by atoms with E-state index in [4.69, 9.17) is 4.42 Å². The van der Waals surface area contributed by atoms with Gasteiger partial charge in [0.1, 0.15) is 17.2 Å². The Labute approximate surface area is 194 Å². The Morgan fingerprint density at radius 2 is 1.35 bits per heavy atom. The molecule has 4 aromatic rings. The Hall–Kier alpha value is -3.84. The van der Waals surface area contributed by atoms with Crippen LogP contribution in [-0.2, 0) is 0 Å². The molecule has 0 aliphatic carbocycles. The summed E-state index contributed by atoms with van der Waals surface area (Å²) in [6.07, 6.45) is 0. The molecule has 172 valence electrons. The highest BCUT2D eigenvalue weighted by molar-refractivity contribution is 5.93. The molecule has 1 aliphatic rings. The van der Waals surface area contributed by atoms with E-state index in [2.05, 4.69) is 4.90 Å². The minimum absolute atomic E-state index is 0.0192. The van der Waals surface area contributed by atoms with Gasteiger partial charge < -0.3 is 9.32 Å². The van der Waals surface area contributed by atoms with Crippen molar-refractivity contribution in [2.45, 2.75) is 6.04 Å². The van der Waals surface area contributed by atoms with Gasteiger partial charge in [-0.2, -0.15) is 0 Å². The molecule has 3 aromatic carbocycles. The lowest BCUT2D eigenvalue weighted by Crippen LogP contribution is -2.50. The lowest BCUT2D eigenvalue weighted by molar-refractivity contribution is 0.0568. The molecule has 1 aliphatic heterocycles. The van der Waals surface area contributed by atoms with Gasteiger partial charge in [-0.25, -0.2) is 8.78 Å². The zero-order valence-electron chi connectivity index (χ0n) is 18.3. The molecule has 1 aromatic heterocycles. The maximum absolute atomic E-state index is 13.5. The van der Waals surface area contributed by atoms with Crippen molar-refractivity contribution in [2.75, 3.05) is 26.2 Å². The van der Waals surface area contributed by atoms with Gasteiger partial charge >= 0.3 is 0 Å². The topological polar surface area (TPSA) is 53.8 Å². The smallest absolute Gasteiger partial charge is 0.289 e. The first-order chi connectivity index (χ1) is 16.5. The maximum atomic E-state index is 13.5. The molecular formula is C27H22F2N2O3. The minimum Gasteiger partial charge on any atom is -0.451 e.